The van der Waals surface area contributed by atoms with E-state index < -0.39 is 6.10 Å². The molecule has 0 spiro atoms. The van der Waals surface area contributed by atoms with Gasteiger partial charge in [0.05, 0.1) is 0 Å². The third kappa shape index (κ3) is 5.85. The Morgan fingerprint density at radius 2 is 1.48 bits per heavy atom. The van der Waals surface area contributed by atoms with Crippen molar-refractivity contribution < 1.29 is 9.53 Å². The molecule has 0 saturated carbocycles. The third-order valence-electron chi connectivity index (χ3n) is 4.80. The summed E-state index contributed by atoms with van der Waals surface area (Å²) in [5, 5.41) is 0.687. The van der Waals surface area contributed by atoms with Crippen LogP contribution in [0.3, 0.4) is 0 Å². The summed E-state index contributed by atoms with van der Waals surface area (Å²) in [6.45, 7) is 4.96. The minimum Gasteiger partial charge on any atom is -0.481 e. The van der Waals surface area contributed by atoms with Crippen molar-refractivity contribution in [2.75, 3.05) is 0 Å². The Bertz CT molecular complexity index is 887. The Hall–Kier alpha value is -2.78. The number of nitrogens with zero attached hydrogens (tertiary/aromatic N) is 1. The van der Waals surface area contributed by atoms with Gasteiger partial charge in [0.2, 0.25) is 0 Å². The fourth-order valence-electron chi connectivity index (χ4n) is 3.19. The smallest absolute Gasteiger partial charge is 0.264 e. The van der Waals surface area contributed by atoms with Gasteiger partial charge in [-0.05, 0) is 48.2 Å². The summed E-state index contributed by atoms with van der Waals surface area (Å²) < 4.78 is 6.07. The SMILES string of the molecule is CC[C@H](Oc1ccc(Cl)c(C)c1)C(=O)N(Cc1ccccc1)Cc1ccccc1. The molecule has 0 N–H and O–H groups in total. The van der Waals surface area contributed by atoms with E-state index in [2.05, 4.69) is 0 Å². The minimum absolute atomic E-state index is 0.0205. The molecule has 0 saturated heterocycles. The third-order valence-corrected chi connectivity index (χ3v) is 5.22. The molecule has 1 atom stereocenters. The molecule has 0 radical (unpaired) electrons. The van der Waals surface area contributed by atoms with E-state index >= 15 is 0 Å². The zero-order chi connectivity index (χ0) is 20.6. The van der Waals surface area contributed by atoms with Crippen molar-refractivity contribution in [2.45, 2.75) is 39.5 Å². The van der Waals surface area contributed by atoms with Crippen LogP contribution in [-0.4, -0.2) is 16.9 Å². The molecule has 3 rings (SSSR count). The molecule has 3 aromatic carbocycles. The zero-order valence-electron chi connectivity index (χ0n) is 16.8. The molecular formula is C25H26ClNO2. The van der Waals surface area contributed by atoms with Crippen LogP contribution in [0.1, 0.15) is 30.0 Å². The Balaban J connectivity index is 1.81. The standard InChI is InChI=1S/C25H26ClNO2/c1-3-24(29-22-14-15-23(26)19(2)16-22)25(28)27(17-20-10-6-4-7-11-20)18-21-12-8-5-9-13-21/h4-16,24H,3,17-18H2,1-2H3/t24-/m0/s1. The Labute approximate surface area is 177 Å². The lowest BCUT2D eigenvalue weighted by Gasteiger charge is -2.28. The zero-order valence-corrected chi connectivity index (χ0v) is 17.6. The lowest BCUT2D eigenvalue weighted by atomic mass is 10.1. The van der Waals surface area contributed by atoms with Crippen LogP contribution in [0.15, 0.2) is 78.9 Å². The van der Waals surface area contributed by atoms with Crippen LogP contribution in [0.25, 0.3) is 0 Å². The molecule has 150 valence electrons. The highest BCUT2D eigenvalue weighted by Crippen LogP contribution is 2.23. The minimum atomic E-state index is -0.553. The summed E-state index contributed by atoms with van der Waals surface area (Å²) in [6, 6.07) is 25.6. The maximum Gasteiger partial charge on any atom is 0.264 e. The molecule has 3 aromatic rings. The van der Waals surface area contributed by atoms with Crippen molar-refractivity contribution in [2.24, 2.45) is 0 Å². The number of ether oxygens (including phenoxy) is 1. The van der Waals surface area contributed by atoms with E-state index in [1.807, 2.05) is 91.5 Å². The molecule has 0 heterocycles. The maximum absolute atomic E-state index is 13.4. The van der Waals surface area contributed by atoms with Crippen LogP contribution in [0.5, 0.6) is 5.75 Å². The lowest BCUT2D eigenvalue weighted by molar-refractivity contribution is -0.140. The number of benzene rings is 3. The van der Waals surface area contributed by atoms with Crippen molar-refractivity contribution in [3.63, 3.8) is 0 Å². The van der Waals surface area contributed by atoms with Crippen molar-refractivity contribution >= 4 is 17.5 Å². The van der Waals surface area contributed by atoms with Crippen molar-refractivity contribution in [3.05, 3.63) is 101 Å². The lowest BCUT2D eigenvalue weighted by Crippen LogP contribution is -2.41. The summed E-state index contributed by atoms with van der Waals surface area (Å²) in [5.74, 6) is 0.638. The topological polar surface area (TPSA) is 29.5 Å². The second-order valence-corrected chi connectivity index (χ2v) is 7.50. The molecular weight excluding hydrogens is 382 g/mol. The van der Waals surface area contributed by atoms with Crippen LogP contribution >= 0.6 is 11.6 Å². The summed E-state index contributed by atoms with van der Waals surface area (Å²) in [6.07, 6.45) is 0.0311. The second kappa shape index (κ2) is 10.1. The van der Waals surface area contributed by atoms with Gasteiger partial charge in [-0.25, -0.2) is 0 Å². The molecule has 0 aliphatic rings. The van der Waals surface area contributed by atoms with E-state index in [4.69, 9.17) is 16.3 Å². The van der Waals surface area contributed by atoms with Crippen LogP contribution in [0, 0.1) is 6.92 Å². The van der Waals surface area contributed by atoms with Gasteiger partial charge in [0.25, 0.3) is 5.91 Å². The predicted molar refractivity (Wildman–Crippen MR) is 118 cm³/mol. The van der Waals surface area contributed by atoms with Crippen molar-refractivity contribution in [1.82, 2.24) is 4.90 Å². The molecule has 0 bridgehead atoms. The van der Waals surface area contributed by atoms with E-state index in [0.717, 1.165) is 16.7 Å². The first-order valence-electron chi connectivity index (χ1n) is 9.86. The molecule has 0 fully saturated rings. The number of rotatable bonds is 8. The quantitative estimate of drug-likeness (QED) is 0.456. The number of amides is 1. The predicted octanol–water partition coefficient (Wildman–Crippen LogP) is 6.03. The van der Waals surface area contributed by atoms with Crippen LogP contribution in [0.4, 0.5) is 0 Å². The van der Waals surface area contributed by atoms with E-state index in [1.54, 1.807) is 6.07 Å². The van der Waals surface area contributed by atoms with E-state index in [0.29, 0.717) is 30.3 Å². The van der Waals surface area contributed by atoms with Crippen LogP contribution in [-0.2, 0) is 17.9 Å². The summed E-state index contributed by atoms with van der Waals surface area (Å²) in [4.78, 5) is 15.3. The Morgan fingerprint density at radius 3 is 1.97 bits per heavy atom. The fourth-order valence-corrected chi connectivity index (χ4v) is 3.30. The first kappa shape index (κ1) is 20.9. The summed E-state index contributed by atoms with van der Waals surface area (Å²) >= 11 is 6.11. The monoisotopic (exact) mass is 407 g/mol. The van der Waals surface area contributed by atoms with E-state index in [9.17, 15) is 4.79 Å². The van der Waals surface area contributed by atoms with Gasteiger partial charge in [-0.1, -0.05) is 79.2 Å². The van der Waals surface area contributed by atoms with Gasteiger partial charge in [-0.15, -0.1) is 0 Å². The summed E-state index contributed by atoms with van der Waals surface area (Å²) in [7, 11) is 0. The molecule has 1 amide bonds. The molecule has 0 aliphatic heterocycles. The van der Waals surface area contributed by atoms with Gasteiger partial charge in [0.15, 0.2) is 6.10 Å². The van der Waals surface area contributed by atoms with Crippen molar-refractivity contribution in [1.29, 1.82) is 0 Å². The molecule has 0 unspecified atom stereocenters. The van der Waals surface area contributed by atoms with E-state index in [-0.39, 0.29) is 5.91 Å². The van der Waals surface area contributed by atoms with Crippen LogP contribution < -0.4 is 4.74 Å². The van der Waals surface area contributed by atoms with Gasteiger partial charge in [-0.3, -0.25) is 4.79 Å². The number of carbonyl (C=O) groups is 1. The number of hydrogen-bond donors (Lipinski definition) is 0. The average molecular weight is 408 g/mol. The van der Waals surface area contributed by atoms with E-state index in [1.165, 1.54) is 0 Å². The highest BCUT2D eigenvalue weighted by Gasteiger charge is 2.25. The number of halogens is 1. The molecule has 29 heavy (non-hydrogen) atoms. The largest absolute Gasteiger partial charge is 0.481 e. The Kier molecular flexibility index (Phi) is 7.31. The van der Waals surface area contributed by atoms with Gasteiger partial charge in [-0.2, -0.15) is 0 Å². The molecule has 4 heteroatoms. The highest BCUT2D eigenvalue weighted by atomic mass is 35.5. The van der Waals surface area contributed by atoms with Gasteiger partial charge < -0.3 is 9.64 Å². The first-order valence-corrected chi connectivity index (χ1v) is 10.2. The Morgan fingerprint density at radius 1 is 0.931 bits per heavy atom. The number of carbonyl (C=O) groups excluding carboxylic acids is 1. The molecule has 0 aliphatic carbocycles. The number of aryl methyl sites for hydroxylation is 1. The van der Waals surface area contributed by atoms with Gasteiger partial charge in [0, 0.05) is 18.1 Å². The second-order valence-electron chi connectivity index (χ2n) is 7.09. The normalized spacial score (nSPS) is 11.7. The van der Waals surface area contributed by atoms with Gasteiger partial charge >= 0.3 is 0 Å². The van der Waals surface area contributed by atoms with Gasteiger partial charge in [0.1, 0.15) is 5.75 Å². The van der Waals surface area contributed by atoms with Crippen molar-refractivity contribution in [3.8, 4) is 5.75 Å². The molecule has 3 nitrogen and oxygen atoms in total. The first-order chi connectivity index (χ1) is 14.1. The fraction of sp³-hybridized carbons (Fsp3) is 0.240. The summed E-state index contributed by atoms with van der Waals surface area (Å²) in [5.41, 5.74) is 3.11. The van der Waals surface area contributed by atoms with Crippen LogP contribution in [0.2, 0.25) is 5.02 Å². The number of hydrogen-bond acceptors (Lipinski definition) is 2. The average Bonchev–Trinajstić information content (AvgIpc) is 2.75. The maximum atomic E-state index is 13.4. The molecule has 0 aromatic heterocycles. The highest BCUT2D eigenvalue weighted by molar-refractivity contribution is 6.31.